The van der Waals surface area contributed by atoms with Crippen molar-refractivity contribution in [2.24, 2.45) is 7.05 Å². The molecule has 1 heterocycles. The molecule has 3 heteroatoms. The molecule has 0 bridgehead atoms. The molecule has 1 aromatic heterocycles. The summed E-state index contributed by atoms with van der Waals surface area (Å²) in [5.41, 5.74) is 1.87. The number of aromatic hydroxyl groups is 1. The van der Waals surface area contributed by atoms with Gasteiger partial charge in [-0.2, -0.15) is 5.10 Å². The van der Waals surface area contributed by atoms with E-state index in [1.807, 2.05) is 26.2 Å². The van der Waals surface area contributed by atoms with Crippen LogP contribution in [0.25, 0.3) is 10.9 Å². The maximum absolute atomic E-state index is 9.51. The van der Waals surface area contributed by atoms with Crippen molar-refractivity contribution in [1.29, 1.82) is 0 Å². The van der Waals surface area contributed by atoms with Crippen LogP contribution in [0, 0.1) is 6.92 Å². The van der Waals surface area contributed by atoms with Crippen LogP contribution in [-0.4, -0.2) is 14.9 Å². The lowest BCUT2D eigenvalue weighted by Crippen LogP contribution is -1.84. The maximum atomic E-state index is 9.51. The van der Waals surface area contributed by atoms with Crippen LogP contribution in [0.5, 0.6) is 5.75 Å². The topological polar surface area (TPSA) is 38.0 Å². The van der Waals surface area contributed by atoms with E-state index in [1.165, 1.54) is 0 Å². The Morgan fingerprint density at radius 3 is 2.92 bits per heavy atom. The van der Waals surface area contributed by atoms with Gasteiger partial charge < -0.3 is 5.11 Å². The van der Waals surface area contributed by atoms with Crippen molar-refractivity contribution >= 4 is 10.9 Å². The number of aryl methyl sites for hydroxylation is 2. The molecule has 0 aliphatic carbocycles. The number of benzene rings is 1. The molecule has 0 radical (unpaired) electrons. The molecule has 2 rings (SSSR count). The van der Waals surface area contributed by atoms with Crippen molar-refractivity contribution in [2.45, 2.75) is 6.92 Å². The molecule has 0 atom stereocenters. The largest absolute Gasteiger partial charge is 0.507 e. The van der Waals surface area contributed by atoms with E-state index in [4.69, 9.17) is 0 Å². The minimum Gasteiger partial charge on any atom is -0.507 e. The summed E-state index contributed by atoms with van der Waals surface area (Å²) in [6, 6.07) is 3.69. The zero-order valence-corrected chi connectivity index (χ0v) is 7.07. The van der Waals surface area contributed by atoms with E-state index in [0.717, 1.165) is 16.5 Å². The van der Waals surface area contributed by atoms with Gasteiger partial charge in [0, 0.05) is 13.2 Å². The molecular weight excluding hydrogens is 152 g/mol. The summed E-state index contributed by atoms with van der Waals surface area (Å²) in [6.45, 7) is 1.94. The van der Waals surface area contributed by atoms with E-state index in [1.54, 1.807) is 10.7 Å². The lowest BCUT2D eigenvalue weighted by molar-refractivity contribution is 0.481. The van der Waals surface area contributed by atoms with E-state index in [2.05, 4.69) is 5.10 Å². The number of fused-ring (bicyclic) bond motifs is 1. The minimum atomic E-state index is 0.304. The van der Waals surface area contributed by atoms with Gasteiger partial charge in [0.25, 0.3) is 0 Å². The summed E-state index contributed by atoms with van der Waals surface area (Å²) >= 11 is 0. The molecule has 0 saturated carbocycles. The fourth-order valence-corrected chi connectivity index (χ4v) is 1.36. The first kappa shape index (κ1) is 7.16. The predicted octanol–water partition coefficient (Wildman–Crippen LogP) is 1.59. The van der Waals surface area contributed by atoms with Crippen molar-refractivity contribution in [1.82, 2.24) is 9.78 Å². The van der Waals surface area contributed by atoms with Crippen LogP contribution >= 0.6 is 0 Å². The van der Waals surface area contributed by atoms with E-state index in [9.17, 15) is 5.11 Å². The van der Waals surface area contributed by atoms with Gasteiger partial charge in [-0.1, -0.05) is 0 Å². The van der Waals surface area contributed by atoms with Crippen molar-refractivity contribution < 1.29 is 5.11 Å². The van der Waals surface area contributed by atoms with E-state index in [0.29, 0.717) is 5.75 Å². The van der Waals surface area contributed by atoms with Crippen LogP contribution in [0.3, 0.4) is 0 Å². The van der Waals surface area contributed by atoms with Gasteiger partial charge in [0.05, 0.1) is 10.9 Å². The normalized spacial score (nSPS) is 10.8. The molecule has 1 N–H and O–H groups in total. The molecule has 3 nitrogen and oxygen atoms in total. The first-order valence-electron chi connectivity index (χ1n) is 3.80. The molecule has 0 saturated heterocycles. The van der Waals surface area contributed by atoms with Gasteiger partial charge in [-0.05, 0) is 24.6 Å². The molecule has 0 aliphatic heterocycles. The summed E-state index contributed by atoms with van der Waals surface area (Å²) in [4.78, 5) is 0. The Bertz CT molecular complexity index is 431. The van der Waals surface area contributed by atoms with Crippen LogP contribution in [0.1, 0.15) is 5.56 Å². The number of phenols is 1. The molecule has 0 spiro atoms. The van der Waals surface area contributed by atoms with Crippen molar-refractivity contribution in [3.8, 4) is 5.75 Å². The average molecular weight is 162 g/mol. The summed E-state index contributed by atoms with van der Waals surface area (Å²) in [6.07, 6.45) is 1.81. The Labute approximate surface area is 70.2 Å². The van der Waals surface area contributed by atoms with Crippen molar-refractivity contribution in [2.75, 3.05) is 0 Å². The highest BCUT2D eigenvalue weighted by molar-refractivity contribution is 5.85. The number of nitrogens with zero attached hydrogens (tertiary/aromatic N) is 2. The van der Waals surface area contributed by atoms with Crippen LogP contribution in [0.4, 0.5) is 0 Å². The van der Waals surface area contributed by atoms with E-state index >= 15 is 0 Å². The Kier molecular flexibility index (Phi) is 1.33. The highest BCUT2D eigenvalue weighted by Gasteiger charge is 2.03. The van der Waals surface area contributed by atoms with Crippen molar-refractivity contribution in [3.63, 3.8) is 0 Å². The summed E-state index contributed by atoms with van der Waals surface area (Å²) in [5, 5.41) is 14.5. The summed E-state index contributed by atoms with van der Waals surface area (Å²) in [7, 11) is 1.84. The Morgan fingerprint density at radius 2 is 2.17 bits per heavy atom. The van der Waals surface area contributed by atoms with Gasteiger partial charge in [-0.25, -0.2) is 0 Å². The van der Waals surface area contributed by atoms with Gasteiger partial charge in [0.1, 0.15) is 5.75 Å². The first-order chi connectivity index (χ1) is 5.66. The smallest absolute Gasteiger partial charge is 0.126 e. The van der Waals surface area contributed by atoms with E-state index in [-0.39, 0.29) is 0 Å². The van der Waals surface area contributed by atoms with Gasteiger partial charge in [0.2, 0.25) is 0 Å². The third-order valence-corrected chi connectivity index (χ3v) is 1.86. The van der Waals surface area contributed by atoms with Gasteiger partial charge in [-0.3, -0.25) is 4.68 Å². The van der Waals surface area contributed by atoms with Crippen LogP contribution in [-0.2, 0) is 7.05 Å². The molecule has 0 amide bonds. The third-order valence-electron chi connectivity index (χ3n) is 1.86. The van der Waals surface area contributed by atoms with Gasteiger partial charge in [0.15, 0.2) is 0 Å². The number of hydrogen-bond acceptors (Lipinski definition) is 2. The number of rotatable bonds is 0. The average Bonchev–Trinajstić information content (AvgIpc) is 2.29. The minimum absolute atomic E-state index is 0.304. The number of hydrogen-bond donors (Lipinski definition) is 1. The fourth-order valence-electron chi connectivity index (χ4n) is 1.36. The number of phenolic OH excluding ortho intramolecular Hbond substituents is 1. The standard InChI is InChI=1S/C9H10N2O/c1-6-3-8-7(9(12)4-6)5-11(2)10-8/h3-5,12H,1-2H3. The van der Waals surface area contributed by atoms with Crippen LogP contribution < -0.4 is 0 Å². The number of aromatic nitrogens is 2. The Balaban J connectivity index is 2.88. The lowest BCUT2D eigenvalue weighted by atomic mass is 10.2. The second kappa shape index (κ2) is 2.24. The Morgan fingerprint density at radius 1 is 1.42 bits per heavy atom. The fraction of sp³-hybridized carbons (Fsp3) is 0.222. The molecule has 62 valence electrons. The predicted molar refractivity (Wildman–Crippen MR) is 47.1 cm³/mol. The molecule has 1 aromatic carbocycles. The summed E-state index contributed by atoms with van der Waals surface area (Å²) in [5.74, 6) is 0.304. The molecule has 2 aromatic rings. The molecular formula is C9H10N2O. The van der Waals surface area contributed by atoms with Gasteiger partial charge in [-0.15, -0.1) is 0 Å². The molecule has 0 aliphatic rings. The highest BCUT2D eigenvalue weighted by atomic mass is 16.3. The quantitative estimate of drug-likeness (QED) is 0.638. The highest BCUT2D eigenvalue weighted by Crippen LogP contribution is 2.24. The first-order valence-corrected chi connectivity index (χ1v) is 3.80. The molecule has 12 heavy (non-hydrogen) atoms. The molecule has 0 fully saturated rings. The zero-order valence-electron chi connectivity index (χ0n) is 7.07. The van der Waals surface area contributed by atoms with Crippen molar-refractivity contribution in [3.05, 3.63) is 23.9 Å². The second-order valence-electron chi connectivity index (χ2n) is 3.02. The SMILES string of the molecule is Cc1cc(O)c2cn(C)nc2c1. The van der Waals surface area contributed by atoms with Crippen LogP contribution in [0.15, 0.2) is 18.3 Å². The van der Waals surface area contributed by atoms with Crippen LogP contribution in [0.2, 0.25) is 0 Å². The van der Waals surface area contributed by atoms with E-state index < -0.39 is 0 Å². The van der Waals surface area contributed by atoms with Gasteiger partial charge >= 0.3 is 0 Å². The second-order valence-corrected chi connectivity index (χ2v) is 3.02. The zero-order chi connectivity index (χ0) is 8.72. The summed E-state index contributed by atoms with van der Waals surface area (Å²) < 4.78 is 1.70. The third kappa shape index (κ3) is 0.942. The lowest BCUT2D eigenvalue weighted by Gasteiger charge is -1.94. The Hall–Kier alpha value is -1.51. The monoisotopic (exact) mass is 162 g/mol. The maximum Gasteiger partial charge on any atom is 0.126 e. The molecule has 0 unspecified atom stereocenters.